The second-order valence-electron chi connectivity index (χ2n) is 3.43. The van der Waals surface area contributed by atoms with Crippen LogP contribution in [-0.4, -0.2) is 24.6 Å². The van der Waals surface area contributed by atoms with Crippen LogP contribution in [-0.2, 0) is 4.74 Å². The van der Waals surface area contributed by atoms with E-state index < -0.39 is 6.10 Å². The molecule has 0 aromatic heterocycles. The Kier molecular flexibility index (Phi) is 1.65. The zero-order valence-electron chi connectivity index (χ0n) is 7.47. The lowest BCUT2D eigenvalue weighted by molar-refractivity contribution is 0.136. The highest BCUT2D eigenvalue weighted by molar-refractivity contribution is 5.45. The Balaban J connectivity index is 1.91. The highest BCUT2D eigenvalue weighted by Crippen LogP contribution is 2.36. The van der Waals surface area contributed by atoms with E-state index in [0.29, 0.717) is 12.4 Å². The number of aliphatic hydroxyl groups is 1. The Labute approximate surface area is 81.0 Å². The van der Waals surface area contributed by atoms with Gasteiger partial charge in [-0.1, -0.05) is 6.07 Å². The van der Waals surface area contributed by atoms with E-state index in [1.807, 2.05) is 12.1 Å². The van der Waals surface area contributed by atoms with Crippen LogP contribution in [0.4, 0.5) is 0 Å². The molecule has 0 amide bonds. The van der Waals surface area contributed by atoms with Crippen LogP contribution in [0.25, 0.3) is 0 Å². The molecule has 0 unspecified atom stereocenters. The first-order valence-electron chi connectivity index (χ1n) is 4.54. The molecule has 0 spiro atoms. The fourth-order valence-corrected chi connectivity index (χ4v) is 1.55. The molecule has 2 aliphatic heterocycles. The second-order valence-corrected chi connectivity index (χ2v) is 3.43. The Morgan fingerprint density at radius 1 is 1.29 bits per heavy atom. The van der Waals surface area contributed by atoms with Crippen molar-refractivity contribution in [3.8, 4) is 11.5 Å². The Morgan fingerprint density at radius 3 is 2.86 bits per heavy atom. The first-order valence-corrected chi connectivity index (χ1v) is 4.54. The molecule has 74 valence electrons. The third-order valence-electron chi connectivity index (χ3n) is 2.45. The lowest BCUT2D eigenvalue weighted by Gasteiger charge is -2.07. The summed E-state index contributed by atoms with van der Waals surface area (Å²) < 4.78 is 15.4. The fourth-order valence-electron chi connectivity index (χ4n) is 1.55. The predicted octanol–water partition coefficient (Wildman–Crippen LogP) is 0.847. The average Bonchev–Trinajstić information content (AvgIpc) is 2.95. The maximum absolute atomic E-state index is 9.77. The van der Waals surface area contributed by atoms with Crippen molar-refractivity contribution >= 4 is 0 Å². The van der Waals surface area contributed by atoms with Gasteiger partial charge in [0.25, 0.3) is 0 Å². The molecule has 1 N–H and O–H groups in total. The van der Waals surface area contributed by atoms with Crippen molar-refractivity contribution in [2.24, 2.45) is 0 Å². The summed E-state index contributed by atoms with van der Waals surface area (Å²) in [5.41, 5.74) is 0.816. The zero-order valence-corrected chi connectivity index (χ0v) is 7.47. The van der Waals surface area contributed by atoms with Crippen molar-refractivity contribution in [2.45, 2.75) is 12.2 Å². The Bertz CT molecular complexity index is 359. The van der Waals surface area contributed by atoms with Gasteiger partial charge in [0.05, 0.1) is 6.61 Å². The first-order chi connectivity index (χ1) is 6.84. The molecule has 0 radical (unpaired) electrons. The first kappa shape index (κ1) is 8.08. The summed E-state index contributed by atoms with van der Waals surface area (Å²) in [5.74, 6) is 1.43. The highest BCUT2D eigenvalue weighted by atomic mass is 16.7. The van der Waals surface area contributed by atoms with Crippen molar-refractivity contribution in [3.05, 3.63) is 23.8 Å². The molecular weight excluding hydrogens is 184 g/mol. The largest absolute Gasteiger partial charge is 0.454 e. The number of hydrogen-bond donors (Lipinski definition) is 1. The number of benzene rings is 1. The van der Waals surface area contributed by atoms with Crippen molar-refractivity contribution in [2.75, 3.05) is 13.4 Å². The minimum Gasteiger partial charge on any atom is -0.454 e. The summed E-state index contributed by atoms with van der Waals surface area (Å²) in [5, 5.41) is 9.77. The van der Waals surface area contributed by atoms with E-state index in [1.54, 1.807) is 6.07 Å². The third-order valence-corrected chi connectivity index (χ3v) is 2.45. The quantitative estimate of drug-likeness (QED) is 0.709. The lowest BCUT2D eigenvalue weighted by atomic mass is 10.1. The molecule has 2 atom stereocenters. The second kappa shape index (κ2) is 2.87. The topological polar surface area (TPSA) is 51.2 Å². The maximum Gasteiger partial charge on any atom is 0.231 e. The van der Waals surface area contributed by atoms with E-state index in [4.69, 9.17) is 14.2 Å². The van der Waals surface area contributed by atoms with Crippen molar-refractivity contribution in [1.29, 1.82) is 0 Å². The van der Waals surface area contributed by atoms with Crippen LogP contribution in [0.2, 0.25) is 0 Å². The monoisotopic (exact) mass is 194 g/mol. The minimum absolute atomic E-state index is 0.0460. The van der Waals surface area contributed by atoms with E-state index in [2.05, 4.69) is 0 Å². The molecule has 1 saturated heterocycles. The third kappa shape index (κ3) is 1.23. The Morgan fingerprint density at radius 2 is 2.07 bits per heavy atom. The van der Waals surface area contributed by atoms with Gasteiger partial charge in [0, 0.05) is 0 Å². The summed E-state index contributed by atoms with van der Waals surface area (Å²) in [6, 6.07) is 5.44. The normalized spacial score (nSPS) is 24.8. The molecule has 14 heavy (non-hydrogen) atoms. The van der Waals surface area contributed by atoms with Gasteiger partial charge >= 0.3 is 0 Å². The molecule has 4 nitrogen and oxygen atoms in total. The number of rotatable bonds is 2. The Hall–Kier alpha value is -1.26. The summed E-state index contributed by atoms with van der Waals surface area (Å²) in [6.45, 7) is 0.893. The summed E-state index contributed by atoms with van der Waals surface area (Å²) in [4.78, 5) is 0. The lowest BCUT2D eigenvalue weighted by Crippen LogP contribution is -2.04. The van der Waals surface area contributed by atoms with Crippen LogP contribution in [0.15, 0.2) is 18.2 Å². The van der Waals surface area contributed by atoms with Crippen LogP contribution in [0, 0.1) is 0 Å². The average molecular weight is 194 g/mol. The number of aliphatic hydroxyl groups excluding tert-OH is 1. The van der Waals surface area contributed by atoms with Gasteiger partial charge in [-0.15, -0.1) is 0 Å². The van der Waals surface area contributed by atoms with Gasteiger partial charge in [0.2, 0.25) is 6.79 Å². The van der Waals surface area contributed by atoms with Crippen molar-refractivity contribution < 1.29 is 19.3 Å². The molecule has 1 aromatic carbocycles. The van der Waals surface area contributed by atoms with Gasteiger partial charge in [0.1, 0.15) is 12.2 Å². The van der Waals surface area contributed by atoms with Gasteiger partial charge < -0.3 is 19.3 Å². The van der Waals surface area contributed by atoms with E-state index >= 15 is 0 Å². The molecule has 2 heterocycles. The molecule has 3 rings (SSSR count). The van der Waals surface area contributed by atoms with Gasteiger partial charge in [0.15, 0.2) is 11.5 Å². The molecule has 4 heteroatoms. The summed E-state index contributed by atoms with van der Waals surface area (Å²) in [7, 11) is 0. The van der Waals surface area contributed by atoms with Crippen LogP contribution in [0.3, 0.4) is 0 Å². The van der Waals surface area contributed by atoms with Crippen molar-refractivity contribution in [1.82, 2.24) is 0 Å². The zero-order chi connectivity index (χ0) is 9.54. The van der Waals surface area contributed by atoms with Crippen LogP contribution >= 0.6 is 0 Å². The highest BCUT2D eigenvalue weighted by Gasteiger charge is 2.33. The van der Waals surface area contributed by atoms with Gasteiger partial charge in [-0.05, 0) is 17.7 Å². The van der Waals surface area contributed by atoms with Gasteiger partial charge in [-0.2, -0.15) is 0 Å². The number of epoxide rings is 1. The summed E-state index contributed by atoms with van der Waals surface area (Å²) in [6.07, 6.45) is -0.597. The van der Waals surface area contributed by atoms with E-state index in [-0.39, 0.29) is 12.9 Å². The predicted molar refractivity (Wildman–Crippen MR) is 47.3 cm³/mol. The molecule has 1 fully saturated rings. The molecule has 0 bridgehead atoms. The van der Waals surface area contributed by atoms with Crippen LogP contribution in [0.5, 0.6) is 11.5 Å². The van der Waals surface area contributed by atoms with Crippen LogP contribution in [0.1, 0.15) is 11.7 Å². The molecular formula is C10H10O4. The molecule has 2 aliphatic rings. The summed E-state index contributed by atoms with van der Waals surface area (Å²) >= 11 is 0. The van der Waals surface area contributed by atoms with Gasteiger partial charge in [-0.3, -0.25) is 0 Å². The van der Waals surface area contributed by atoms with Gasteiger partial charge in [-0.25, -0.2) is 0 Å². The minimum atomic E-state index is -0.551. The maximum atomic E-state index is 9.77. The SMILES string of the molecule is O[C@H](c1ccc2c(c1)OCO2)[C@H]1CO1. The van der Waals surface area contributed by atoms with E-state index in [0.717, 1.165) is 11.3 Å². The van der Waals surface area contributed by atoms with Crippen molar-refractivity contribution in [3.63, 3.8) is 0 Å². The van der Waals surface area contributed by atoms with E-state index in [9.17, 15) is 5.11 Å². The number of ether oxygens (including phenoxy) is 3. The van der Waals surface area contributed by atoms with Crippen LogP contribution < -0.4 is 9.47 Å². The van der Waals surface area contributed by atoms with E-state index in [1.165, 1.54) is 0 Å². The molecule has 0 aliphatic carbocycles. The number of hydrogen-bond acceptors (Lipinski definition) is 4. The molecule has 1 aromatic rings. The molecule has 0 saturated carbocycles. The fraction of sp³-hybridized carbons (Fsp3) is 0.400. The number of fused-ring (bicyclic) bond motifs is 1. The standard InChI is InChI=1S/C10H10O4/c11-10(9-4-12-9)6-1-2-7-8(3-6)14-5-13-7/h1-3,9-11H,4-5H2/t9-,10-/m1/s1. The smallest absolute Gasteiger partial charge is 0.231 e.